The Labute approximate surface area is 207 Å². The van der Waals surface area contributed by atoms with Gasteiger partial charge in [0.05, 0.1) is 0 Å². The molecular weight excluding hydrogens is 460 g/mol. The van der Waals surface area contributed by atoms with E-state index in [-0.39, 0.29) is 46.7 Å². The molecule has 0 aliphatic rings. The highest BCUT2D eigenvalue weighted by molar-refractivity contribution is 6.01. The number of rotatable bonds is 7. The minimum absolute atomic E-state index is 0.0209. The average molecular weight is 487 g/mol. The van der Waals surface area contributed by atoms with Gasteiger partial charge in [-0.2, -0.15) is 0 Å². The highest BCUT2D eigenvalue weighted by Crippen LogP contribution is 2.43. The Bertz CT molecular complexity index is 1370. The number of ketones is 1. The minimum Gasteiger partial charge on any atom is -0.508 e. The molecule has 7 nitrogen and oxygen atoms in total. The summed E-state index contributed by atoms with van der Waals surface area (Å²) in [6, 6.07) is 19.0. The van der Waals surface area contributed by atoms with Gasteiger partial charge < -0.3 is 30.6 Å². The molecule has 36 heavy (non-hydrogen) atoms. The summed E-state index contributed by atoms with van der Waals surface area (Å²) >= 11 is 0. The maximum atomic E-state index is 13.3. The number of aromatic hydroxyl groups is 6. The molecule has 0 aromatic heterocycles. The monoisotopic (exact) mass is 486 g/mol. The van der Waals surface area contributed by atoms with Crippen molar-refractivity contribution in [2.24, 2.45) is 0 Å². The van der Waals surface area contributed by atoms with Gasteiger partial charge in [0.1, 0.15) is 34.5 Å². The van der Waals surface area contributed by atoms with Crippen LogP contribution in [0.5, 0.6) is 34.5 Å². The summed E-state index contributed by atoms with van der Waals surface area (Å²) in [6.07, 6.45) is 0.286. The van der Waals surface area contributed by atoms with Crippen LogP contribution in [0, 0.1) is 0 Å². The predicted molar refractivity (Wildman–Crippen MR) is 134 cm³/mol. The molecule has 0 fully saturated rings. The number of hydrogen-bond acceptors (Lipinski definition) is 7. The third kappa shape index (κ3) is 5.20. The third-order valence-corrected chi connectivity index (χ3v) is 6.24. The molecule has 0 radical (unpaired) electrons. The summed E-state index contributed by atoms with van der Waals surface area (Å²) in [5.74, 6) is -2.43. The van der Waals surface area contributed by atoms with E-state index in [0.717, 1.165) is 5.56 Å². The number of benzene rings is 4. The van der Waals surface area contributed by atoms with Crippen molar-refractivity contribution < 1.29 is 35.4 Å². The van der Waals surface area contributed by atoms with Crippen molar-refractivity contribution in [3.05, 3.63) is 107 Å². The Morgan fingerprint density at radius 2 is 1.19 bits per heavy atom. The second kappa shape index (κ2) is 9.92. The zero-order chi connectivity index (χ0) is 26.0. The van der Waals surface area contributed by atoms with E-state index in [4.69, 9.17) is 0 Å². The third-order valence-electron chi connectivity index (χ3n) is 6.24. The summed E-state index contributed by atoms with van der Waals surface area (Å²) < 4.78 is 0. The van der Waals surface area contributed by atoms with Crippen molar-refractivity contribution >= 4 is 5.78 Å². The van der Waals surface area contributed by atoms with Crippen LogP contribution in [0.2, 0.25) is 0 Å². The Kier molecular flexibility index (Phi) is 6.74. The normalized spacial score (nSPS) is 12.7. The molecule has 0 bridgehead atoms. The average Bonchev–Trinajstić information content (AvgIpc) is 2.82. The summed E-state index contributed by atoms with van der Waals surface area (Å²) in [4.78, 5) is 13.3. The van der Waals surface area contributed by atoms with Crippen LogP contribution in [0.3, 0.4) is 0 Å². The Balaban J connectivity index is 1.88. The van der Waals surface area contributed by atoms with E-state index in [1.807, 2.05) is 0 Å². The van der Waals surface area contributed by atoms with Gasteiger partial charge in [-0.05, 0) is 77.7 Å². The molecule has 184 valence electrons. The molecule has 0 saturated carbocycles. The van der Waals surface area contributed by atoms with Crippen LogP contribution in [0.1, 0.15) is 51.4 Å². The quantitative estimate of drug-likeness (QED) is 0.195. The van der Waals surface area contributed by atoms with Gasteiger partial charge in [-0.25, -0.2) is 0 Å². The van der Waals surface area contributed by atoms with Crippen molar-refractivity contribution in [1.29, 1.82) is 0 Å². The fourth-order valence-electron chi connectivity index (χ4n) is 4.47. The number of phenols is 6. The molecular formula is C29H26O7. The molecule has 0 aliphatic heterocycles. The Morgan fingerprint density at radius 1 is 0.667 bits per heavy atom. The van der Waals surface area contributed by atoms with Crippen LogP contribution in [0.4, 0.5) is 0 Å². The van der Waals surface area contributed by atoms with E-state index < -0.39 is 11.8 Å². The molecule has 4 aromatic carbocycles. The molecule has 0 aliphatic carbocycles. The summed E-state index contributed by atoms with van der Waals surface area (Å²) in [6.45, 7) is 1.66. The topological polar surface area (TPSA) is 138 Å². The number of hydrogen-bond donors (Lipinski definition) is 6. The van der Waals surface area contributed by atoms with E-state index >= 15 is 0 Å². The second-order valence-corrected chi connectivity index (χ2v) is 8.81. The molecule has 0 spiro atoms. The van der Waals surface area contributed by atoms with Crippen molar-refractivity contribution in [1.82, 2.24) is 0 Å². The Morgan fingerprint density at radius 3 is 1.78 bits per heavy atom. The minimum atomic E-state index is -0.796. The smallest absolute Gasteiger partial charge is 0.170 e. The number of carbonyl (C=O) groups excluding carboxylic acids is 1. The Hall–Kier alpha value is -4.65. The van der Waals surface area contributed by atoms with Gasteiger partial charge >= 0.3 is 0 Å². The van der Waals surface area contributed by atoms with Crippen LogP contribution >= 0.6 is 0 Å². The SMILES string of the molecule is C[C@@H](C(=O)c1ccc(O)cc1)c1cc(O)cc(O)c1[C@H](Cc1ccc(O)cc1)c1cc(O)cc(O)c1. The number of Topliss-reactive ketones (excluding diaryl/α,β-unsaturated/α-hetero) is 1. The van der Waals surface area contributed by atoms with Gasteiger partial charge in [-0.3, -0.25) is 4.79 Å². The van der Waals surface area contributed by atoms with Gasteiger partial charge in [-0.1, -0.05) is 19.1 Å². The molecule has 0 unspecified atom stereocenters. The standard InChI is InChI=1S/C29H26O7/c1-16(29(36)18-4-8-21(31)9-5-18)25-14-24(34)15-27(35)28(25)26(10-17-2-6-20(30)7-3-17)19-11-22(32)13-23(33)12-19/h2-9,11-16,26,30-35H,10H2,1H3/t16-,26-/m1/s1. The van der Waals surface area contributed by atoms with Gasteiger partial charge in [0, 0.05) is 35.1 Å². The zero-order valence-corrected chi connectivity index (χ0v) is 19.5. The lowest BCUT2D eigenvalue weighted by atomic mass is 9.78. The van der Waals surface area contributed by atoms with E-state index in [1.165, 1.54) is 66.7 Å². The lowest BCUT2D eigenvalue weighted by Gasteiger charge is -2.25. The molecule has 2 atom stereocenters. The van der Waals surface area contributed by atoms with Gasteiger partial charge in [-0.15, -0.1) is 0 Å². The molecule has 0 heterocycles. The van der Waals surface area contributed by atoms with Crippen molar-refractivity contribution in [2.75, 3.05) is 0 Å². The van der Waals surface area contributed by atoms with Gasteiger partial charge in [0.2, 0.25) is 0 Å². The largest absolute Gasteiger partial charge is 0.508 e. The van der Waals surface area contributed by atoms with E-state index in [2.05, 4.69) is 0 Å². The van der Waals surface area contributed by atoms with Crippen molar-refractivity contribution in [3.63, 3.8) is 0 Å². The summed E-state index contributed by atoms with van der Waals surface area (Å²) in [5.41, 5.74) is 2.34. The van der Waals surface area contributed by atoms with Gasteiger partial charge in [0.15, 0.2) is 5.78 Å². The van der Waals surface area contributed by atoms with Gasteiger partial charge in [0.25, 0.3) is 0 Å². The lowest BCUT2D eigenvalue weighted by molar-refractivity contribution is 0.0965. The first-order valence-electron chi connectivity index (χ1n) is 11.3. The highest BCUT2D eigenvalue weighted by atomic mass is 16.3. The molecule has 7 heteroatoms. The van der Waals surface area contributed by atoms with Crippen molar-refractivity contribution in [2.45, 2.75) is 25.2 Å². The number of carbonyl (C=O) groups is 1. The van der Waals surface area contributed by atoms with Crippen LogP contribution in [-0.2, 0) is 6.42 Å². The van der Waals surface area contributed by atoms with Crippen LogP contribution < -0.4 is 0 Å². The van der Waals surface area contributed by atoms with E-state index in [0.29, 0.717) is 22.3 Å². The molecule has 0 amide bonds. The number of phenolic OH excluding ortho intramolecular Hbond substituents is 6. The first kappa shape index (κ1) is 24.5. The maximum Gasteiger partial charge on any atom is 0.170 e. The van der Waals surface area contributed by atoms with Crippen LogP contribution in [0.25, 0.3) is 0 Å². The van der Waals surface area contributed by atoms with Crippen molar-refractivity contribution in [3.8, 4) is 34.5 Å². The first-order valence-corrected chi connectivity index (χ1v) is 11.3. The van der Waals surface area contributed by atoms with E-state index in [1.54, 1.807) is 19.1 Å². The zero-order valence-electron chi connectivity index (χ0n) is 19.5. The highest BCUT2D eigenvalue weighted by Gasteiger charge is 2.29. The van der Waals surface area contributed by atoms with E-state index in [9.17, 15) is 35.4 Å². The predicted octanol–water partition coefficient (Wildman–Crippen LogP) is 5.28. The summed E-state index contributed by atoms with van der Waals surface area (Å²) in [5, 5.41) is 61.0. The molecule has 6 N–H and O–H groups in total. The fourth-order valence-corrected chi connectivity index (χ4v) is 4.47. The first-order chi connectivity index (χ1) is 17.1. The lowest BCUT2D eigenvalue weighted by Crippen LogP contribution is -2.15. The van der Waals surface area contributed by atoms with Crippen LogP contribution in [0.15, 0.2) is 78.9 Å². The maximum absolute atomic E-state index is 13.3. The molecule has 4 rings (SSSR count). The molecule has 0 saturated heterocycles. The second-order valence-electron chi connectivity index (χ2n) is 8.81. The van der Waals surface area contributed by atoms with Crippen LogP contribution in [-0.4, -0.2) is 36.4 Å². The summed E-state index contributed by atoms with van der Waals surface area (Å²) in [7, 11) is 0. The fraction of sp³-hybridized carbons (Fsp3) is 0.138. The molecule has 4 aromatic rings.